The van der Waals surface area contributed by atoms with Crippen LogP contribution in [-0.4, -0.2) is 123 Å². The van der Waals surface area contributed by atoms with Crippen molar-refractivity contribution in [3.63, 3.8) is 0 Å². The summed E-state index contributed by atoms with van der Waals surface area (Å²) in [6.07, 6.45) is 4.61. The summed E-state index contributed by atoms with van der Waals surface area (Å²) in [4.78, 5) is 26.8. The molecule has 0 aromatic rings. The molecule has 31 heavy (non-hydrogen) atoms. The molecule has 8 nitrogen and oxygen atoms in total. The molecule has 3 rings (SSSR count). The Morgan fingerprint density at radius 2 is 1.65 bits per heavy atom. The summed E-state index contributed by atoms with van der Waals surface area (Å²) >= 11 is 0. The molecule has 1 unspecified atom stereocenters. The van der Waals surface area contributed by atoms with Crippen LogP contribution in [0.1, 0.15) is 39.5 Å². The molecule has 0 radical (unpaired) electrons. The number of carbonyl (C=O) groups excluding carboxylic acids is 1. The molecule has 3 fully saturated rings. The van der Waals surface area contributed by atoms with Crippen molar-refractivity contribution in [1.82, 2.24) is 24.9 Å². The average molecular weight is 551 g/mol. The minimum absolute atomic E-state index is 0. The van der Waals surface area contributed by atoms with Gasteiger partial charge < -0.3 is 19.9 Å². The lowest BCUT2D eigenvalue weighted by Crippen LogP contribution is -2.57. The predicted octanol–water partition coefficient (Wildman–Crippen LogP) is 1.31. The van der Waals surface area contributed by atoms with E-state index in [2.05, 4.69) is 33.9 Å². The zero-order valence-corrected chi connectivity index (χ0v) is 21.9. The largest absolute Gasteiger partial charge is 0.379 e. The van der Waals surface area contributed by atoms with Gasteiger partial charge in [0.25, 0.3) is 0 Å². The molecular formula is C22H43IN6O2. The molecule has 3 aliphatic heterocycles. The van der Waals surface area contributed by atoms with Crippen molar-refractivity contribution in [1.29, 1.82) is 0 Å². The van der Waals surface area contributed by atoms with Gasteiger partial charge in [0.05, 0.1) is 19.3 Å². The van der Waals surface area contributed by atoms with E-state index in [1.807, 2.05) is 4.90 Å². The zero-order chi connectivity index (χ0) is 21.2. The number of likely N-dealkylation sites (tertiary alicyclic amines) is 1. The van der Waals surface area contributed by atoms with E-state index < -0.39 is 0 Å². The van der Waals surface area contributed by atoms with Crippen LogP contribution >= 0.6 is 24.0 Å². The number of rotatable bonds is 8. The van der Waals surface area contributed by atoms with Crippen LogP contribution in [0.15, 0.2) is 4.99 Å². The highest BCUT2D eigenvalue weighted by Crippen LogP contribution is 2.14. The standard InChI is InChI=1S/C22H42N6O2.HI/c1-3-23-22(24-8-4-5-9-25-16-18-30-19-17-25)28-14-12-26(13-15-28)20(2)21(29)27-10-6-7-11-27;/h20H,3-19H2,1-2H3,(H,23,24);1H. The Bertz CT molecular complexity index is 544. The molecule has 0 bridgehead atoms. The first-order valence-corrected chi connectivity index (χ1v) is 12.0. The van der Waals surface area contributed by atoms with E-state index in [1.54, 1.807) is 0 Å². The van der Waals surface area contributed by atoms with Gasteiger partial charge in [0, 0.05) is 65.4 Å². The van der Waals surface area contributed by atoms with E-state index in [0.29, 0.717) is 5.91 Å². The molecule has 9 heteroatoms. The number of hydrogen-bond donors (Lipinski definition) is 1. The van der Waals surface area contributed by atoms with Gasteiger partial charge in [-0.15, -0.1) is 24.0 Å². The molecular weight excluding hydrogens is 507 g/mol. The summed E-state index contributed by atoms with van der Waals surface area (Å²) in [6, 6.07) is -0.00930. The van der Waals surface area contributed by atoms with Crippen LogP contribution in [0.5, 0.6) is 0 Å². The molecule has 1 amide bonds. The lowest BCUT2D eigenvalue weighted by Gasteiger charge is -2.39. The van der Waals surface area contributed by atoms with Crippen molar-refractivity contribution < 1.29 is 9.53 Å². The normalized spacial score (nSPS) is 22.3. The smallest absolute Gasteiger partial charge is 0.239 e. The highest BCUT2D eigenvalue weighted by molar-refractivity contribution is 14.0. The van der Waals surface area contributed by atoms with Crippen molar-refractivity contribution in [2.75, 3.05) is 85.2 Å². The molecule has 180 valence electrons. The van der Waals surface area contributed by atoms with Gasteiger partial charge >= 0.3 is 0 Å². The van der Waals surface area contributed by atoms with Crippen molar-refractivity contribution in [3.8, 4) is 0 Å². The summed E-state index contributed by atoms with van der Waals surface area (Å²) < 4.78 is 5.41. The Kier molecular flexibility index (Phi) is 12.4. The zero-order valence-electron chi connectivity index (χ0n) is 19.6. The molecule has 3 saturated heterocycles. The van der Waals surface area contributed by atoms with Crippen LogP contribution in [0.4, 0.5) is 0 Å². The van der Waals surface area contributed by atoms with Crippen LogP contribution in [0.2, 0.25) is 0 Å². The van der Waals surface area contributed by atoms with E-state index in [-0.39, 0.29) is 30.0 Å². The summed E-state index contributed by atoms with van der Waals surface area (Å²) in [5, 5.41) is 3.46. The maximum atomic E-state index is 12.7. The third kappa shape index (κ3) is 8.33. The molecule has 0 spiro atoms. The Labute approximate surface area is 205 Å². The number of carbonyl (C=O) groups is 1. The Morgan fingerprint density at radius 3 is 2.29 bits per heavy atom. The maximum absolute atomic E-state index is 12.7. The first kappa shape index (κ1) is 26.6. The van der Waals surface area contributed by atoms with Gasteiger partial charge in [0.1, 0.15) is 0 Å². The second-order valence-corrected chi connectivity index (χ2v) is 8.63. The first-order chi connectivity index (χ1) is 14.7. The third-order valence-electron chi connectivity index (χ3n) is 6.52. The fraction of sp³-hybridized carbons (Fsp3) is 0.909. The fourth-order valence-electron chi connectivity index (χ4n) is 4.56. The second kappa shape index (κ2) is 14.5. The number of guanidine groups is 1. The summed E-state index contributed by atoms with van der Waals surface area (Å²) in [7, 11) is 0. The Morgan fingerprint density at radius 1 is 0.968 bits per heavy atom. The number of piperazine rings is 1. The number of halogens is 1. The van der Waals surface area contributed by atoms with Crippen molar-refractivity contribution in [2.24, 2.45) is 4.99 Å². The number of amides is 1. The summed E-state index contributed by atoms with van der Waals surface area (Å²) in [5.41, 5.74) is 0. The van der Waals surface area contributed by atoms with Crippen LogP contribution < -0.4 is 5.32 Å². The Hall–Kier alpha value is -0.650. The number of hydrogen-bond acceptors (Lipinski definition) is 5. The molecule has 1 N–H and O–H groups in total. The minimum atomic E-state index is -0.00930. The van der Waals surface area contributed by atoms with E-state index in [4.69, 9.17) is 9.73 Å². The third-order valence-corrected chi connectivity index (χ3v) is 6.52. The van der Waals surface area contributed by atoms with Crippen molar-refractivity contribution in [2.45, 2.75) is 45.6 Å². The van der Waals surface area contributed by atoms with Crippen molar-refractivity contribution in [3.05, 3.63) is 0 Å². The Balaban J connectivity index is 0.00000341. The van der Waals surface area contributed by atoms with Gasteiger partial charge in [-0.05, 0) is 46.1 Å². The molecule has 3 aliphatic rings. The van der Waals surface area contributed by atoms with Gasteiger partial charge in [0.15, 0.2) is 5.96 Å². The van der Waals surface area contributed by atoms with E-state index in [1.165, 1.54) is 6.42 Å². The van der Waals surface area contributed by atoms with Crippen LogP contribution in [0.3, 0.4) is 0 Å². The van der Waals surface area contributed by atoms with Crippen molar-refractivity contribution >= 4 is 35.8 Å². The van der Waals surface area contributed by atoms with Crippen LogP contribution in [0.25, 0.3) is 0 Å². The lowest BCUT2D eigenvalue weighted by atomic mass is 10.2. The fourth-order valence-corrected chi connectivity index (χ4v) is 4.56. The number of nitrogens with zero attached hydrogens (tertiary/aromatic N) is 5. The van der Waals surface area contributed by atoms with Crippen LogP contribution in [-0.2, 0) is 9.53 Å². The minimum Gasteiger partial charge on any atom is -0.379 e. The van der Waals surface area contributed by atoms with Gasteiger partial charge in [0.2, 0.25) is 5.91 Å². The molecule has 1 atom stereocenters. The number of aliphatic imine (C=N–C) groups is 1. The van der Waals surface area contributed by atoms with Gasteiger partial charge in [-0.25, -0.2) is 0 Å². The topological polar surface area (TPSA) is 63.7 Å². The van der Waals surface area contributed by atoms with E-state index in [0.717, 1.165) is 110 Å². The van der Waals surface area contributed by atoms with Gasteiger partial charge in [-0.3, -0.25) is 19.6 Å². The van der Waals surface area contributed by atoms with E-state index >= 15 is 0 Å². The van der Waals surface area contributed by atoms with Gasteiger partial charge in [-0.1, -0.05) is 0 Å². The van der Waals surface area contributed by atoms with E-state index in [9.17, 15) is 4.79 Å². The summed E-state index contributed by atoms with van der Waals surface area (Å²) in [6.45, 7) is 16.5. The number of unbranched alkanes of at least 4 members (excludes halogenated alkanes) is 1. The second-order valence-electron chi connectivity index (χ2n) is 8.63. The quantitative estimate of drug-likeness (QED) is 0.213. The SMILES string of the molecule is CCNC(=NCCCCN1CCOCC1)N1CCN(C(C)C(=O)N2CCCC2)CC1.I. The number of nitrogens with one attached hydrogen (secondary N) is 1. The highest BCUT2D eigenvalue weighted by Gasteiger charge is 2.30. The first-order valence-electron chi connectivity index (χ1n) is 12.0. The summed E-state index contributed by atoms with van der Waals surface area (Å²) in [5.74, 6) is 1.34. The predicted molar refractivity (Wildman–Crippen MR) is 136 cm³/mol. The molecule has 0 aliphatic carbocycles. The van der Waals surface area contributed by atoms with Crippen LogP contribution in [0, 0.1) is 0 Å². The monoisotopic (exact) mass is 550 g/mol. The number of morpholine rings is 1. The number of ether oxygens (including phenoxy) is 1. The molecule has 0 aromatic heterocycles. The highest BCUT2D eigenvalue weighted by atomic mass is 127. The lowest BCUT2D eigenvalue weighted by molar-refractivity contribution is -0.135. The molecule has 0 aromatic carbocycles. The molecule has 0 saturated carbocycles. The average Bonchev–Trinajstić information content (AvgIpc) is 3.33. The molecule has 3 heterocycles. The van der Waals surface area contributed by atoms with Gasteiger partial charge in [-0.2, -0.15) is 0 Å². The maximum Gasteiger partial charge on any atom is 0.239 e.